The Hall–Kier alpha value is -0.0400. The van der Waals surface area contributed by atoms with Gasteiger partial charge in [0.1, 0.15) is 0 Å². The minimum Gasteiger partial charge on any atom is -0.325 e. The van der Waals surface area contributed by atoms with Crippen LogP contribution in [0.2, 0.25) is 0 Å². The van der Waals surface area contributed by atoms with Gasteiger partial charge in [-0.25, -0.2) is 0 Å². The van der Waals surface area contributed by atoms with E-state index < -0.39 is 0 Å². The van der Waals surface area contributed by atoms with Crippen LogP contribution in [0, 0.1) is 23.2 Å². The highest BCUT2D eigenvalue weighted by molar-refractivity contribution is 5.28. The Bertz CT molecular complexity index is 229. The monoisotopic (exact) mass is 149 g/mol. The van der Waals surface area contributed by atoms with Crippen LogP contribution in [0.3, 0.4) is 0 Å². The van der Waals surface area contributed by atoms with Gasteiger partial charge in [0.25, 0.3) is 0 Å². The average molecular weight is 149 g/mol. The first-order valence-corrected chi connectivity index (χ1v) is 5.02. The van der Waals surface area contributed by atoms with E-state index in [0.29, 0.717) is 5.54 Å². The Morgan fingerprint density at radius 3 is 2.00 bits per heavy atom. The van der Waals surface area contributed by atoms with Crippen LogP contribution in [0.4, 0.5) is 0 Å². The van der Waals surface area contributed by atoms with E-state index in [-0.39, 0.29) is 0 Å². The normalized spacial score (nSPS) is 75.5. The van der Waals surface area contributed by atoms with E-state index in [1.807, 2.05) is 0 Å². The zero-order valence-electron chi connectivity index (χ0n) is 6.84. The molecule has 0 aromatic heterocycles. The topological polar surface area (TPSA) is 26.0 Å². The van der Waals surface area contributed by atoms with Crippen LogP contribution in [0.15, 0.2) is 0 Å². The summed E-state index contributed by atoms with van der Waals surface area (Å²) in [7, 11) is 0. The molecule has 1 nitrogen and oxygen atoms in total. The van der Waals surface area contributed by atoms with Crippen molar-refractivity contribution in [2.45, 2.75) is 37.6 Å². The van der Waals surface area contributed by atoms with Gasteiger partial charge < -0.3 is 5.73 Å². The fourth-order valence-corrected chi connectivity index (χ4v) is 5.14. The van der Waals surface area contributed by atoms with Crippen molar-refractivity contribution in [3.63, 3.8) is 0 Å². The third kappa shape index (κ3) is 0.358. The summed E-state index contributed by atoms with van der Waals surface area (Å²) >= 11 is 0. The lowest BCUT2D eigenvalue weighted by Crippen LogP contribution is -2.60. The molecule has 4 rings (SSSR count). The molecule has 0 radical (unpaired) electrons. The van der Waals surface area contributed by atoms with Gasteiger partial charge in [-0.15, -0.1) is 0 Å². The number of hydrogen-bond donors (Lipinski definition) is 1. The summed E-state index contributed by atoms with van der Waals surface area (Å²) in [6.45, 7) is 0. The summed E-state index contributed by atoms with van der Waals surface area (Å²) in [5, 5.41) is 0. The minimum absolute atomic E-state index is 0.320. The highest BCUT2D eigenvalue weighted by atomic mass is 14.9. The molecule has 2 unspecified atom stereocenters. The Kier molecular flexibility index (Phi) is 0.602. The Balaban J connectivity index is 1.90. The van der Waals surface area contributed by atoms with Crippen molar-refractivity contribution in [3.8, 4) is 0 Å². The second-order valence-corrected chi connectivity index (χ2v) is 5.62. The zero-order chi connectivity index (χ0) is 7.27. The standard InChI is InChI=1S/C10H15N/c11-9-3-7-1-6-2-8(4-9)10(6,7)5-9/h6-8H,1-5,11H2/t6-,7-,8?,9-,10?/m1/s1. The highest BCUT2D eigenvalue weighted by Gasteiger charge is 2.76. The number of nitrogens with two attached hydrogens (primary N) is 1. The van der Waals surface area contributed by atoms with Crippen LogP contribution in [0.5, 0.6) is 0 Å². The molecule has 0 saturated heterocycles. The maximum Gasteiger partial charge on any atom is 0.0165 e. The Morgan fingerprint density at radius 1 is 1.00 bits per heavy atom. The smallest absolute Gasteiger partial charge is 0.0165 e. The van der Waals surface area contributed by atoms with Gasteiger partial charge in [0.2, 0.25) is 0 Å². The predicted molar refractivity (Wildman–Crippen MR) is 42.9 cm³/mol. The molecule has 2 N–H and O–H groups in total. The van der Waals surface area contributed by atoms with Gasteiger partial charge in [-0.1, -0.05) is 0 Å². The molecule has 11 heavy (non-hydrogen) atoms. The van der Waals surface area contributed by atoms with Crippen molar-refractivity contribution in [1.29, 1.82) is 0 Å². The summed E-state index contributed by atoms with van der Waals surface area (Å²) in [5.74, 6) is 3.28. The van der Waals surface area contributed by atoms with E-state index >= 15 is 0 Å². The lowest BCUT2D eigenvalue weighted by atomic mass is 9.38. The summed E-state index contributed by atoms with van der Waals surface area (Å²) in [5.41, 5.74) is 7.49. The quantitative estimate of drug-likeness (QED) is 0.555. The Morgan fingerprint density at radius 2 is 1.64 bits per heavy atom. The van der Waals surface area contributed by atoms with E-state index in [9.17, 15) is 0 Å². The first kappa shape index (κ1) is 5.58. The van der Waals surface area contributed by atoms with Crippen molar-refractivity contribution in [3.05, 3.63) is 0 Å². The van der Waals surface area contributed by atoms with Crippen molar-refractivity contribution in [2.75, 3.05) is 0 Å². The van der Waals surface area contributed by atoms with Gasteiger partial charge in [0.15, 0.2) is 0 Å². The molecule has 0 aromatic carbocycles. The number of fused-ring (bicyclic) bond motifs is 1. The SMILES string of the molecule is N[C@@]12CC3C[C@H]4C[C@H](C1)C34C2. The van der Waals surface area contributed by atoms with Crippen LogP contribution >= 0.6 is 0 Å². The van der Waals surface area contributed by atoms with Gasteiger partial charge >= 0.3 is 0 Å². The number of hydrogen-bond acceptors (Lipinski definition) is 1. The maximum absolute atomic E-state index is 6.33. The molecule has 60 valence electrons. The average Bonchev–Trinajstić information content (AvgIpc) is 2.32. The van der Waals surface area contributed by atoms with E-state index in [4.69, 9.17) is 5.73 Å². The largest absolute Gasteiger partial charge is 0.325 e. The maximum atomic E-state index is 6.33. The van der Waals surface area contributed by atoms with Gasteiger partial charge in [-0.2, -0.15) is 0 Å². The molecule has 5 atom stereocenters. The summed E-state index contributed by atoms with van der Waals surface area (Å²) in [4.78, 5) is 0. The molecule has 0 aromatic rings. The fourth-order valence-electron chi connectivity index (χ4n) is 5.14. The second kappa shape index (κ2) is 1.19. The third-order valence-corrected chi connectivity index (χ3v) is 5.38. The predicted octanol–water partition coefficient (Wildman–Crippen LogP) is 1.52. The molecule has 4 aliphatic carbocycles. The molecular weight excluding hydrogens is 134 g/mol. The molecule has 4 fully saturated rings. The molecule has 4 saturated carbocycles. The molecule has 0 aliphatic heterocycles. The van der Waals surface area contributed by atoms with E-state index in [0.717, 1.165) is 23.2 Å². The van der Waals surface area contributed by atoms with Crippen molar-refractivity contribution >= 4 is 0 Å². The second-order valence-electron chi connectivity index (χ2n) is 5.62. The lowest BCUT2D eigenvalue weighted by molar-refractivity contribution is -0.175. The number of rotatable bonds is 0. The van der Waals surface area contributed by atoms with Crippen LogP contribution in [0.25, 0.3) is 0 Å². The molecular formula is C10H15N. The van der Waals surface area contributed by atoms with Gasteiger partial charge in [0.05, 0.1) is 0 Å². The first-order valence-electron chi connectivity index (χ1n) is 5.02. The van der Waals surface area contributed by atoms with Crippen LogP contribution in [-0.4, -0.2) is 5.54 Å². The third-order valence-electron chi connectivity index (χ3n) is 5.38. The molecule has 1 heteroatoms. The van der Waals surface area contributed by atoms with Crippen LogP contribution < -0.4 is 5.73 Å². The summed E-state index contributed by atoms with van der Waals surface area (Å²) in [6.07, 6.45) is 7.23. The van der Waals surface area contributed by atoms with E-state index in [2.05, 4.69) is 0 Å². The van der Waals surface area contributed by atoms with Gasteiger partial charge in [-0.05, 0) is 55.3 Å². The van der Waals surface area contributed by atoms with E-state index in [1.54, 1.807) is 0 Å². The molecule has 0 heterocycles. The zero-order valence-corrected chi connectivity index (χ0v) is 6.84. The lowest BCUT2D eigenvalue weighted by Gasteiger charge is -2.66. The minimum atomic E-state index is 0.320. The van der Waals surface area contributed by atoms with Gasteiger partial charge in [-0.3, -0.25) is 0 Å². The first-order chi connectivity index (χ1) is 5.23. The van der Waals surface area contributed by atoms with Crippen LogP contribution in [-0.2, 0) is 0 Å². The highest BCUT2D eigenvalue weighted by Crippen LogP contribution is 2.81. The summed E-state index contributed by atoms with van der Waals surface area (Å²) in [6, 6.07) is 0. The van der Waals surface area contributed by atoms with Crippen molar-refractivity contribution in [2.24, 2.45) is 28.9 Å². The molecule has 4 aliphatic rings. The summed E-state index contributed by atoms with van der Waals surface area (Å²) < 4.78 is 0. The van der Waals surface area contributed by atoms with E-state index in [1.165, 1.54) is 32.1 Å². The fraction of sp³-hybridized carbons (Fsp3) is 1.00. The molecule has 1 spiro atoms. The van der Waals surface area contributed by atoms with Crippen molar-refractivity contribution in [1.82, 2.24) is 0 Å². The van der Waals surface area contributed by atoms with Gasteiger partial charge in [0, 0.05) is 5.54 Å². The van der Waals surface area contributed by atoms with Crippen LogP contribution in [0.1, 0.15) is 32.1 Å². The molecule has 2 bridgehead atoms. The van der Waals surface area contributed by atoms with Crippen molar-refractivity contribution < 1.29 is 0 Å². The Labute approximate surface area is 67.3 Å². The molecule has 0 amide bonds.